The molecule has 0 saturated carbocycles. The average molecular weight is 283 g/mol. The van der Waals surface area contributed by atoms with Gasteiger partial charge >= 0.3 is 0 Å². The number of pyridine rings is 1. The number of aromatic nitrogens is 3. The summed E-state index contributed by atoms with van der Waals surface area (Å²) in [5.74, 6) is 1.45. The summed E-state index contributed by atoms with van der Waals surface area (Å²) in [7, 11) is 1.59. The largest absolute Gasteiger partial charge is 0.497 e. The zero-order valence-corrected chi connectivity index (χ0v) is 11.3. The molecule has 0 unspecified atom stereocenters. The van der Waals surface area contributed by atoms with Crippen LogP contribution in [0, 0.1) is 0 Å². The highest BCUT2D eigenvalue weighted by Crippen LogP contribution is 2.19. The molecule has 0 atom stereocenters. The van der Waals surface area contributed by atoms with Crippen molar-refractivity contribution in [1.82, 2.24) is 15.0 Å². The van der Waals surface area contributed by atoms with Gasteiger partial charge in [0.2, 0.25) is 0 Å². The monoisotopic (exact) mass is 283 g/mol. The molecule has 3 N–H and O–H groups in total. The van der Waals surface area contributed by atoms with E-state index in [0.29, 0.717) is 28.2 Å². The van der Waals surface area contributed by atoms with Crippen LogP contribution in [0.4, 0.5) is 0 Å². The SMILES string of the molecule is COc1cccc(ON=C(N)c2ccnc3nc[nH]c23)c1. The summed E-state index contributed by atoms with van der Waals surface area (Å²) in [5.41, 5.74) is 7.93. The first kappa shape index (κ1) is 12.9. The topological polar surface area (TPSA) is 98.4 Å². The van der Waals surface area contributed by atoms with E-state index in [1.807, 2.05) is 6.07 Å². The van der Waals surface area contributed by atoms with Gasteiger partial charge in [0.05, 0.1) is 19.0 Å². The predicted octanol–water partition coefficient (Wildman–Crippen LogP) is 1.67. The number of nitrogens with one attached hydrogen (secondary N) is 1. The highest BCUT2D eigenvalue weighted by molar-refractivity contribution is 6.05. The fourth-order valence-electron chi connectivity index (χ4n) is 1.87. The average Bonchev–Trinajstić information content (AvgIpc) is 3.01. The molecule has 0 aliphatic rings. The highest BCUT2D eigenvalue weighted by Gasteiger charge is 2.08. The fourth-order valence-corrected chi connectivity index (χ4v) is 1.87. The number of nitrogens with two attached hydrogens (primary N) is 1. The van der Waals surface area contributed by atoms with Crippen LogP contribution >= 0.6 is 0 Å². The summed E-state index contributed by atoms with van der Waals surface area (Å²) in [6.07, 6.45) is 3.17. The maximum atomic E-state index is 5.96. The number of fused-ring (bicyclic) bond motifs is 1. The van der Waals surface area contributed by atoms with Crippen molar-refractivity contribution in [2.75, 3.05) is 7.11 Å². The molecular formula is C14H13N5O2. The third-order valence-corrected chi connectivity index (χ3v) is 2.89. The lowest BCUT2D eigenvalue weighted by atomic mass is 10.2. The van der Waals surface area contributed by atoms with Gasteiger partial charge in [-0.2, -0.15) is 0 Å². The molecule has 0 fully saturated rings. The summed E-state index contributed by atoms with van der Waals surface area (Å²) in [6, 6.07) is 8.84. The molecule has 0 aliphatic carbocycles. The van der Waals surface area contributed by atoms with E-state index in [9.17, 15) is 0 Å². The van der Waals surface area contributed by atoms with Gasteiger partial charge in [-0.05, 0) is 18.2 Å². The van der Waals surface area contributed by atoms with Crippen LogP contribution in [0.2, 0.25) is 0 Å². The number of rotatable bonds is 4. The number of oxime groups is 1. The quantitative estimate of drug-likeness (QED) is 0.431. The first-order valence-electron chi connectivity index (χ1n) is 6.21. The van der Waals surface area contributed by atoms with Gasteiger partial charge in [0.25, 0.3) is 0 Å². The molecular weight excluding hydrogens is 270 g/mol. The number of H-pyrrole nitrogens is 1. The van der Waals surface area contributed by atoms with Crippen molar-refractivity contribution < 1.29 is 9.57 Å². The van der Waals surface area contributed by atoms with Crippen molar-refractivity contribution >= 4 is 17.0 Å². The van der Waals surface area contributed by atoms with Gasteiger partial charge in [0.1, 0.15) is 5.75 Å². The number of amidine groups is 1. The molecule has 0 bridgehead atoms. The van der Waals surface area contributed by atoms with Gasteiger partial charge in [-0.15, -0.1) is 0 Å². The Morgan fingerprint density at radius 1 is 1.24 bits per heavy atom. The number of hydrogen-bond donors (Lipinski definition) is 2. The molecule has 106 valence electrons. The normalized spacial score (nSPS) is 11.6. The zero-order valence-electron chi connectivity index (χ0n) is 11.3. The van der Waals surface area contributed by atoms with E-state index >= 15 is 0 Å². The third-order valence-electron chi connectivity index (χ3n) is 2.89. The molecule has 7 heteroatoms. The second-order valence-electron chi connectivity index (χ2n) is 4.21. The first-order valence-corrected chi connectivity index (χ1v) is 6.21. The van der Waals surface area contributed by atoms with Crippen LogP contribution in [0.15, 0.2) is 48.0 Å². The van der Waals surface area contributed by atoms with Crippen molar-refractivity contribution in [3.63, 3.8) is 0 Å². The minimum atomic E-state index is 0.231. The molecule has 0 saturated heterocycles. The summed E-state index contributed by atoms with van der Waals surface area (Å²) >= 11 is 0. The lowest BCUT2D eigenvalue weighted by molar-refractivity contribution is 0.337. The Morgan fingerprint density at radius 2 is 2.10 bits per heavy atom. The Balaban J connectivity index is 1.87. The van der Waals surface area contributed by atoms with Crippen molar-refractivity contribution in [2.45, 2.75) is 0 Å². The van der Waals surface area contributed by atoms with E-state index in [2.05, 4.69) is 20.1 Å². The fraction of sp³-hybridized carbons (Fsp3) is 0.0714. The van der Waals surface area contributed by atoms with E-state index in [1.54, 1.807) is 43.9 Å². The number of imidazole rings is 1. The predicted molar refractivity (Wildman–Crippen MR) is 78.2 cm³/mol. The minimum absolute atomic E-state index is 0.231. The number of aromatic amines is 1. The van der Waals surface area contributed by atoms with Gasteiger partial charge in [0, 0.05) is 17.8 Å². The van der Waals surface area contributed by atoms with E-state index in [0.717, 1.165) is 0 Å². The van der Waals surface area contributed by atoms with Gasteiger partial charge in [-0.3, -0.25) is 0 Å². The summed E-state index contributed by atoms with van der Waals surface area (Å²) in [5, 5.41) is 3.93. The Kier molecular flexibility index (Phi) is 3.38. The van der Waals surface area contributed by atoms with E-state index < -0.39 is 0 Å². The standard InChI is InChI=1S/C14H13N5O2/c1-20-9-3-2-4-10(7-9)21-19-13(15)11-5-6-16-14-12(11)17-8-18-14/h2-8H,1H3,(H2,15,19)(H,16,17,18). The van der Waals surface area contributed by atoms with Crippen LogP contribution in [-0.2, 0) is 0 Å². The second kappa shape index (κ2) is 5.49. The van der Waals surface area contributed by atoms with Gasteiger partial charge in [-0.25, -0.2) is 9.97 Å². The van der Waals surface area contributed by atoms with E-state index in [4.69, 9.17) is 15.3 Å². The van der Waals surface area contributed by atoms with E-state index in [-0.39, 0.29) is 5.84 Å². The molecule has 3 rings (SSSR count). The number of benzene rings is 1. The Bertz CT molecular complexity index is 797. The highest BCUT2D eigenvalue weighted by atomic mass is 16.6. The van der Waals surface area contributed by atoms with Crippen molar-refractivity contribution in [1.29, 1.82) is 0 Å². The summed E-state index contributed by atoms with van der Waals surface area (Å²) in [6.45, 7) is 0. The van der Waals surface area contributed by atoms with Crippen LogP contribution in [0.25, 0.3) is 11.2 Å². The number of methoxy groups -OCH3 is 1. The molecule has 0 aliphatic heterocycles. The van der Waals surface area contributed by atoms with Crippen molar-refractivity contribution in [2.24, 2.45) is 10.9 Å². The lowest BCUT2D eigenvalue weighted by Crippen LogP contribution is -2.15. The molecule has 1 aromatic carbocycles. The van der Waals surface area contributed by atoms with Crippen LogP contribution in [0.1, 0.15) is 5.56 Å². The molecule has 0 amide bonds. The van der Waals surface area contributed by atoms with Crippen LogP contribution in [0.5, 0.6) is 11.5 Å². The van der Waals surface area contributed by atoms with E-state index in [1.165, 1.54) is 0 Å². The zero-order chi connectivity index (χ0) is 14.7. The Labute approximate surface area is 120 Å². The molecule has 0 radical (unpaired) electrons. The third kappa shape index (κ3) is 2.62. The first-order chi connectivity index (χ1) is 10.3. The molecule has 21 heavy (non-hydrogen) atoms. The second-order valence-corrected chi connectivity index (χ2v) is 4.21. The maximum absolute atomic E-state index is 5.96. The van der Waals surface area contributed by atoms with Crippen molar-refractivity contribution in [3.8, 4) is 11.5 Å². The molecule has 3 aromatic rings. The minimum Gasteiger partial charge on any atom is -0.497 e. The Hall–Kier alpha value is -3.09. The van der Waals surface area contributed by atoms with Gasteiger partial charge in [-0.1, -0.05) is 11.2 Å². The summed E-state index contributed by atoms with van der Waals surface area (Å²) < 4.78 is 5.11. The van der Waals surface area contributed by atoms with Gasteiger partial charge < -0.3 is 20.3 Å². The van der Waals surface area contributed by atoms with Crippen LogP contribution < -0.4 is 15.3 Å². The molecule has 0 spiro atoms. The maximum Gasteiger partial charge on any atom is 0.178 e. The van der Waals surface area contributed by atoms with Crippen LogP contribution in [-0.4, -0.2) is 27.9 Å². The summed E-state index contributed by atoms with van der Waals surface area (Å²) in [4.78, 5) is 16.5. The molecule has 2 heterocycles. The lowest BCUT2D eigenvalue weighted by Gasteiger charge is -2.04. The number of hydrogen-bond acceptors (Lipinski definition) is 5. The number of ether oxygens (including phenoxy) is 1. The van der Waals surface area contributed by atoms with Gasteiger partial charge in [0.15, 0.2) is 17.2 Å². The van der Waals surface area contributed by atoms with Crippen LogP contribution in [0.3, 0.4) is 0 Å². The molecule has 2 aromatic heterocycles. The smallest absolute Gasteiger partial charge is 0.178 e. The Morgan fingerprint density at radius 3 is 2.95 bits per heavy atom. The van der Waals surface area contributed by atoms with Crippen molar-refractivity contribution in [3.05, 3.63) is 48.4 Å². The molecule has 7 nitrogen and oxygen atoms in total. The number of nitrogens with zero attached hydrogens (tertiary/aromatic N) is 3.